The number of hydrazone groups is 1. The highest BCUT2D eigenvalue weighted by atomic mass is 127. The van der Waals surface area contributed by atoms with E-state index in [-0.39, 0.29) is 24.8 Å². The van der Waals surface area contributed by atoms with Crippen molar-refractivity contribution in [2.24, 2.45) is 5.10 Å². The summed E-state index contributed by atoms with van der Waals surface area (Å²) in [6.45, 7) is 0.608. The lowest BCUT2D eigenvalue weighted by Crippen LogP contribution is -2.29. The Morgan fingerprint density at radius 1 is 1.00 bits per heavy atom. The van der Waals surface area contributed by atoms with Crippen molar-refractivity contribution in [3.63, 3.8) is 0 Å². The summed E-state index contributed by atoms with van der Waals surface area (Å²) < 4.78 is 17.4. The van der Waals surface area contributed by atoms with E-state index in [1.807, 2.05) is 36.4 Å². The van der Waals surface area contributed by atoms with E-state index >= 15 is 0 Å². The Labute approximate surface area is 217 Å². The molecule has 0 radical (unpaired) electrons. The molecule has 3 aromatic carbocycles. The molecule has 8 nitrogen and oxygen atoms in total. The number of nitrogens with one attached hydrogen (secondary N) is 2. The number of nitrogens with zero attached hydrogens (tertiary/aromatic N) is 1. The van der Waals surface area contributed by atoms with Crippen molar-refractivity contribution < 1.29 is 23.8 Å². The SMILES string of the molecule is COc1ccc(C(=O)NCCC(=O)NN=Cc2cc(I)c(OCc3ccccc3)c(OC)c2)cc1. The summed E-state index contributed by atoms with van der Waals surface area (Å²) in [6, 6.07) is 20.3. The van der Waals surface area contributed by atoms with Crippen molar-refractivity contribution in [1.82, 2.24) is 10.7 Å². The van der Waals surface area contributed by atoms with Gasteiger partial charge in [-0.25, -0.2) is 5.43 Å². The third kappa shape index (κ3) is 7.99. The van der Waals surface area contributed by atoms with Gasteiger partial charge in [-0.2, -0.15) is 5.10 Å². The number of hydrogen-bond acceptors (Lipinski definition) is 6. The number of methoxy groups -OCH3 is 2. The molecule has 0 spiro atoms. The molecule has 35 heavy (non-hydrogen) atoms. The molecular formula is C26H26IN3O5. The first kappa shape index (κ1) is 26.0. The molecule has 0 fully saturated rings. The molecule has 0 heterocycles. The van der Waals surface area contributed by atoms with Crippen LogP contribution in [0.5, 0.6) is 17.2 Å². The summed E-state index contributed by atoms with van der Waals surface area (Å²) in [4.78, 5) is 24.2. The minimum absolute atomic E-state index is 0.0896. The van der Waals surface area contributed by atoms with Crippen LogP contribution in [-0.2, 0) is 11.4 Å². The number of carbonyl (C=O) groups is 2. The minimum Gasteiger partial charge on any atom is -0.497 e. The van der Waals surface area contributed by atoms with E-state index in [9.17, 15) is 9.59 Å². The van der Waals surface area contributed by atoms with Gasteiger partial charge in [0.15, 0.2) is 11.5 Å². The Balaban J connectivity index is 1.48. The van der Waals surface area contributed by atoms with Crippen LogP contribution in [-0.4, -0.2) is 38.8 Å². The van der Waals surface area contributed by atoms with Crippen molar-refractivity contribution in [2.45, 2.75) is 13.0 Å². The molecule has 0 saturated carbocycles. The summed E-state index contributed by atoms with van der Waals surface area (Å²) in [5.41, 5.74) is 4.75. The Hall–Kier alpha value is -3.60. The summed E-state index contributed by atoms with van der Waals surface area (Å²) >= 11 is 2.17. The monoisotopic (exact) mass is 587 g/mol. The van der Waals surface area contributed by atoms with Crippen LogP contribution in [0.1, 0.15) is 27.9 Å². The van der Waals surface area contributed by atoms with E-state index in [2.05, 4.69) is 38.4 Å². The topological polar surface area (TPSA) is 98.2 Å². The number of benzene rings is 3. The van der Waals surface area contributed by atoms with E-state index in [1.54, 1.807) is 44.6 Å². The average molecular weight is 587 g/mol. The third-order valence-corrected chi connectivity index (χ3v) is 5.67. The fourth-order valence-corrected chi connectivity index (χ4v) is 3.83. The Morgan fingerprint density at radius 2 is 1.74 bits per heavy atom. The number of amides is 2. The van der Waals surface area contributed by atoms with Crippen LogP contribution in [0.2, 0.25) is 0 Å². The molecule has 9 heteroatoms. The van der Waals surface area contributed by atoms with E-state index in [0.29, 0.717) is 29.4 Å². The fourth-order valence-electron chi connectivity index (χ4n) is 3.05. The average Bonchev–Trinajstić information content (AvgIpc) is 2.88. The van der Waals surface area contributed by atoms with Crippen LogP contribution in [0.25, 0.3) is 0 Å². The summed E-state index contributed by atoms with van der Waals surface area (Å²) in [7, 11) is 3.13. The van der Waals surface area contributed by atoms with Crippen molar-refractivity contribution >= 4 is 40.6 Å². The number of hydrogen-bond donors (Lipinski definition) is 2. The van der Waals surface area contributed by atoms with Gasteiger partial charge in [0.25, 0.3) is 5.91 Å². The third-order valence-electron chi connectivity index (χ3n) is 4.87. The van der Waals surface area contributed by atoms with Gasteiger partial charge in [-0.1, -0.05) is 30.3 Å². The zero-order chi connectivity index (χ0) is 25.0. The molecule has 0 atom stereocenters. The molecule has 0 unspecified atom stereocenters. The van der Waals surface area contributed by atoms with Crippen LogP contribution < -0.4 is 25.0 Å². The van der Waals surface area contributed by atoms with Crippen molar-refractivity contribution in [3.8, 4) is 17.2 Å². The standard InChI is InChI=1S/C26H26IN3O5/c1-33-21-10-8-20(9-11-21)26(32)28-13-12-24(31)30-29-16-19-14-22(27)25(23(15-19)34-2)35-17-18-6-4-3-5-7-18/h3-11,14-16H,12-13,17H2,1-2H3,(H,28,32)(H,30,31). The quantitative estimate of drug-likeness (QED) is 0.200. The van der Waals surface area contributed by atoms with Crippen LogP contribution in [0.4, 0.5) is 0 Å². The number of carbonyl (C=O) groups excluding carboxylic acids is 2. The van der Waals surface area contributed by atoms with E-state index in [4.69, 9.17) is 14.2 Å². The van der Waals surface area contributed by atoms with Crippen LogP contribution >= 0.6 is 22.6 Å². The smallest absolute Gasteiger partial charge is 0.251 e. The first-order valence-corrected chi connectivity index (χ1v) is 11.9. The van der Waals surface area contributed by atoms with Crippen LogP contribution in [0.3, 0.4) is 0 Å². The van der Waals surface area contributed by atoms with Gasteiger partial charge in [0.05, 0.1) is 24.0 Å². The predicted molar refractivity (Wildman–Crippen MR) is 142 cm³/mol. The Bertz CT molecular complexity index is 1170. The highest BCUT2D eigenvalue weighted by Gasteiger charge is 2.12. The van der Waals surface area contributed by atoms with Crippen molar-refractivity contribution in [2.75, 3.05) is 20.8 Å². The van der Waals surface area contributed by atoms with Crippen molar-refractivity contribution in [3.05, 3.63) is 87.0 Å². The van der Waals surface area contributed by atoms with Gasteiger partial charge in [0.2, 0.25) is 5.91 Å². The van der Waals surface area contributed by atoms with Crippen LogP contribution in [0, 0.1) is 3.57 Å². The maximum absolute atomic E-state index is 12.1. The molecule has 3 aromatic rings. The first-order chi connectivity index (χ1) is 17.0. The molecule has 2 amide bonds. The fraction of sp³-hybridized carbons (Fsp3) is 0.192. The van der Waals surface area contributed by atoms with E-state index in [0.717, 1.165) is 14.7 Å². The molecular weight excluding hydrogens is 561 g/mol. The Kier molecular flexibility index (Phi) is 9.91. The lowest BCUT2D eigenvalue weighted by Gasteiger charge is -2.13. The summed E-state index contributed by atoms with van der Waals surface area (Å²) in [5, 5.41) is 6.71. The normalized spacial score (nSPS) is 10.6. The number of halogens is 1. The van der Waals surface area contributed by atoms with Gasteiger partial charge < -0.3 is 19.5 Å². The molecule has 0 aliphatic heterocycles. The minimum atomic E-state index is -0.319. The maximum atomic E-state index is 12.1. The second kappa shape index (κ2) is 13.3. The first-order valence-electron chi connectivity index (χ1n) is 10.8. The predicted octanol–water partition coefficient (Wildman–Crippen LogP) is 4.16. The number of rotatable bonds is 11. The largest absolute Gasteiger partial charge is 0.497 e. The molecule has 3 rings (SSSR count). The van der Waals surface area contributed by atoms with Crippen LogP contribution in [0.15, 0.2) is 71.8 Å². The van der Waals surface area contributed by atoms with E-state index in [1.165, 1.54) is 6.21 Å². The molecule has 0 aliphatic carbocycles. The molecule has 0 aromatic heterocycles. The van der Waals surface area contributed by atoms with Gasteiger partial charge in [-0.05, 0) is 70.1 Å². The second-order valence-corrected chi connectivity index (χ2v) is 8.50. The zero-order valence-corrected chi connectivity index (χ0v) is 21.6. The molecule has 2 N–H and O–H groups in total. The maximum Gasteiger partial charge on any atom is 0.251 e. The van der Waals surface area contributed by atoms with Crippen molar-refractivity contribution in [1.29, 1.82) is 0 Å². The Morgan fingerprint density at radius 3 is 2.43 bits per heavy atom. The molecule has 0 saturated heterocycles. The van der Waals surface area contributed by atoms with E-state index < -0.39 is 0 Å². The molecule has 182 valence electrons. The summed E-state index contributed by atoms with van der Waals surface area (Å²) in [5.74, 6) is 1.30. The van der Waals surface area contributed by atoms with Gasteiger partial charge in [-0.3, -0.25) is 9.59 Å². The lowest BCUT2D eigenvalue weighted by atomic mass is 10.2. The zero-order valence-electron chi connectivity index (χ0n) is 19.4. The highest BCUT2D eigenvalue weighted by Crippen LogP contribution is 2.34. The summed E-state index contributed by atoms with van der Waals surface area (Å²) in [6.07, 6.45) is 1.62. The highest BCUT2D eigenvalue weighted by molar-refractivity contribution is 14.1. The number of ether oxygens (including phenoxy) is 3. The molecule has 0 aliphatic rings. The lowest BCUT2D eigenvalue weighted by molar-refractivity contribution is -0.120. The van der Waals surface area contributed by atoms with Gasteiger partial charge in [-0.15, -0.1) is 0 Å². The molecule has 0 bridgehead atoms. The second-order valence-electron chi connectivity index (χ2n) is 7.34. The van der Waals surface area contributed by atoms with Gasteiger partial charge in [0.1, 0.15) is 12.4 Å². The van der Waals surface area contributed by atoms with Gasteiger partial charge in [0, 0.05) is 18.5 Å². The van der Waals surface area contributed by atoms with Gasteiger partial charge >= 0.3 is 0 Å².